The first-order valence-electron chi connectivity index (χ1n) is 6.12. The number of halogens is 1. The summed E-state index contributed by atoms with van der Waals surface area (Å²) in [4.78, 5) is 12.0. The van der Waals surface area contributed by atoms with Crippen LogP contribution in [0, 0.1) is 5.82 Å². The Morgan fingerprint density at radius 3 is 2.75 bits per heavy atom. The van der Waals surface area contributed by atoms with Gasteiger partial charge in [-0.25, -0.2) is 4.39 Å². The fourth-order valence-corrected chi connectivity index (χ4v) is 1.61. The van der Waals surface area contributed by atoms with E-state index in [4.69, 9.17) is 15.2 Å². The number of nitrogens with two attached hydrogens (primary N) is 1. The predicted molar refractivity (Wildman–Crippen MR) is 72.0 cm³/mol. The van der Waals surface area contributed by atoms with Crippen LogP contribution in [0.4, 0.5) is 10.3 Å². The van der Waals surface area contributed by atoms with Crippen LogP contribution in [0.2, 0.25) is 0 Å². The van der Waals surface area contributed by atoms with Crippen LogP contribution in [0.15, 0.2) is 18.2 Å². The zero-order valence-electron chi connectivity index (χ0n) is 11.3. The quantitative estimate of drug-likeness (QED) is 0.901. The van der Waals surface area contributed by atoms with Gasteiger partial charge in [-0.05, 0) is 24.6 Å². The maximum absolute atomic E-state index is 13.4. The number of methoxy groups -OCH3 is 1. The largest absolute Gasteiger partial charge is 0.496 e. The lowest BCUT2D eigenvalue weighted by Gasteiger charge is -2.09. The summed E-state index contributed by atoms with van der Waals surface area (Å²) in [6.45, 7) is 2.42. The number of nitrogen functional groups attached to an aromatic ring is 1. The number of hydrogen-bond donors (Lipinski definition) is 1. The maximum atomic E-state index is 13.4. The minimum atomic E-state index is -0.421. The molecule has 2 N–H and O–H groups in total. The number of hydrogen-bond acceptors (Lipinski definition) is 6. The minimum Gasteiger partial charge on any atom is -0.496 e. The fraction of sp³-hybridized carbons (Fsp3) is 0.308. The first-order valence-corrected chi connectivity index (χ1v) is 6.12. The number of benzene rings is 1. The zero-order valence-corrected chi connectivity index (χ0v) is 11.3. The van der Waals surface area contributed by atoms with Gasteiger partial charge in [0.15, 0.2) is 5.82 Å². The molecule has 0 unspecified atom stereocenters. The Morgan fingerprint density at radius 1 is 1.25 bits per heavy atom. The van der Waals surface area contributed by atoms with Gasteiger partial charge in [0, 0.05) is 0 Å². The Bertz CT molecular complexity index is 607. The highest BCUT2D eigenvalue weighted by atomic mass is 19.1. The summed E-state index contributed by atoms with van der Waals surface area (Å²) >= 11 is 0. The molecule has 6 nitrogen and oxygen atoms in total. The molecule has 0 aliphatic rings. The van der Waals surface area contributed by atoms with E-state index in [1.54, 1.807) is 0 Å². The molecule has 0 atom stereocenters. The lowest BCUT2D eigenvalue weighted by Crippen LogP contribution is -2.06. The van der Waals surface area contributed by atoms with Crippen molar-refractivity contribution in [3.63, 3.8) is 0 Å². The Labute approximate surface area is 115 Å². The van der Waals surface area contributed by atoms with Crippen LogP contribution in [0.1, 0.15) is 13.3 Å². The van der Waals surface area contributed by atoms with E-state index >= 15 is 0 Å². The number of anilines is 1. The van der Waals surface area contributed by atoms with Gasteiger partial charge in [-0.3, -0.25) is 0 Å². The SMILES string of the molecule is CCCOc1nc(N)nc(-c2cc(F)ccc2OC)n1. The van der Waals surface area contributed by atoms with E-state index in [2.05, 4.69) is 15.0 Å². The molecule has 2 aromatic rings. The smallest absolute Gasteiger partial charge is 0.321 e. The van der Waals surface area contributed by atoms with E-state index in [0.717, 1.165) is 6.42 Å². The molecular formula is C13H15FN4O2. The van der Waals surface area contributed by atoms with Crippen molar-refractivity contribution in [1.82, 2.24) is 15.0 Å². The Hall–Kier alpha value is -2.44. The molecule has 20 heavy (non-hydrogen) atoms. The number of aromatic nitrogens is 3. The molecule has 7 heteroatoms. The Balaban J connectivity index is 2.46. The normalized spacial score (nSPS) is 10.3. The van der Waals surface area contributed by atoms with Gasteiger partial charge in [0.25, 0.3) is 0 Å². The second kappa shape index (κ2) is 6.14. The molecule has 2 rings (SSSR count). The Morgan fingerprint density at radius 2 is 2.05 bits per heavy atom. The van der Waals surface area contributed by atoms with Crippen LogP contribution in [0.5, 0.6) is 11.8 Å². The molecule has 0 aliphatic heterocycles. The van der Waals surface area contributed by atoms with Crippen LogP contribution >= 0.6 is 0 Å². The van der Waals surface area contributed by atoms with Crippen molar-refractivity contribution >= 4 is 5.95 Å². The number of nitrogens with zero attached hydrogens (tertiary/aromatic N) is 3. The zero-order chi connectivity index (χ0) is 14.5. The van der Waals surface area contributed by atoms with E-state index in [1.165, 1.54) is 25.3 Å². The van der Waals surface area contributed by atoms with E-state index in [9.17, 15) is 4.39 Å². The van der Waals surface area contributed by atoms with Gasteiger partial charge in [0.05, 0.1) is 19.3 Å². The van der Waals surface area contributed by atoms with Gasteiger partial charge in [-0.1, -0.05) is 6.92 Å². The molecule has 0 saturated heterocycles. The van der Waals surface area contributed by atoms with Crippen LogP contribution in [0.25, 0.3) is 11.4 Å². The molecule has 0 fully saturated rings. The summed E-state index contributed by atoms with van der Waals surface area (Å²) in [5.41, 5.74) is 6.01. The van der Waals surface area contributed by atoms with Gasteiger partial charge in [0.1, 0.15) is 11.6 Å². The molecule has 106 valence electrons. The first kappa shape index (κ1) is 14.0. The highest BCUT2D eigenvalue weighted by molar-refractivity contribution is 5.64. The standard InChI is InChI=1S/C13H15FN4O2/c1-3-6-20-13-17-11(16-12(15)18-13)9-7-8(14)4-5-10(9)19-2/h4-5,7H,3,6H2,1-2H3,(H2,15,16,17,18). The van der Waals surface area contributed by atoms with E-state index < -0.39 is 5.82 Å². The molecule has 1 heterocycles. The maximum Gasteiger partial charge on any atom is 0.321 e. The van der Waals surface area contributed by atoms with E-state index in [0.29, 0.717) is 17.9 Å². The summed E-state index contributed by atoms with van der Waals surface area (Å²) in [6, 6.07) is 4.18. The highest BCUT2D eigenvalue weighted by Crippen LogP contribution is 2.29. The second-order valence-electron chi connectivity index (χ2n) is 3.99. The third-order valence-corrected chi connectivity index (χ3v) is 2.47. The monoisotopic (exact) mass is 278 g/mol. The van der Waals surface area contributed by atoms with Gasteiger partial charge in [0.2, 0.25) is 5.95 Å². The summed E-state index contributed by atoms with van der Waals surface area (Å²) in [7, 11) is 1.48. The minimum absolute atomic E-state index is 0.00687. The molecule has 0 spiro atoms. The van der Waals surface area contributed by atoms with Gasteiger partial charge in [-0.15, -0.1) is 0 Å². The van der Waals surface area contributed by atoms with Crippen molar-refractivity contribution in [2.75, 3.05) is 19.5 Å². The Kier molecular flexibility index (Phi) is 4.29. The molecular weight excluding hydrogens is 263 g/mol. The number of rotatable bonds is 5. The summed E-state index contributed by atoms with van der Waals surface area (Å²) in [5, 5.41) is 0. The molecule has 0 aliphatic carbocycles. The van der Waals surface area contributed by atoms with Gasteiger partial charge < -0.3 is 15.2 Å². The van der Waals surface area contributed by atoms with Crippen molar-refractivity contribution in [3.05, 3.63) is 24.0 Å². The average Bonchev–Trinajstić information content (AvgIpc) is 2.44. The van der Waals surface area contributed by atoms with E-state index in [1.807, 2.05) is 6.92 Å². The predicted octanol–water partition coefficient (Wildman–Crippen LogP) is 2.06. The van der Waals surface area contributed by atoms with Crippen molar-refractivity contribution in [1.29, 1.82) is 0 Å². The van der Waals surface area contributed by atoms with Crippen molar-refractivity contribution < 1.29 is 13.9 Å². The summed E-state index contributed by atoms with van der Waals surface area (Å²) < 4.78 is 23.9. The molecule has 1 aromatic carbocycles. The number of ether oxygens (including phenoxy) is 2. The van der Waals surface area contributed by atoms with Crippen LogP contribution < -0.4 is 15.2 Å². The first-order chi connectivity index (χ1) is 9.63. The van der Waals surface area contributed by atoms with E-state index in [-0.39, 0.29) is 17.8 Å². The molecule has 1 aromatic heterocycles. The molecule has 0 radical (unpaired) electrons. The topological polar surface area (TPSA) is 83.2 Å². The van der Waals surface area contributed by atoms with Crippen LogP contribution in [0.3, 0.4) is 0 Å². The average molecular weight is 278 g/mol. The van der Waals surface area contributed by atoms with Crippen molar-refractivity contribution in [3.8, 4) is 23.1 Å². The fourth-order valence-electron chi connectivity index (χ4n) is 1.61. The molecule has 0 saturated carbocycles. The van der Waals surface area contributed by atoms with Crippen molar-refractivity contribution in [2.45, 2.75) is 13.3 Å². The van der Waals surface area contributed by atoms with Crippen LogP contribution in [-0.4, -0.2) is 28.7 Å². The van der Waals surface area contributed by atoms with Gasteiger partial charge >= 0.3 is 6.01 Å². The van der Waals surface area contributed by atoms with Gasteiger partial charge in [-0.2, -0.15) is 15.0 Å². The molecule has 0 amide bonds. The van der Waals surface area contributed by atoms with Crippen LogP contribution in [-0.2, 0) is 0 Å². The lowest BCUT2D eigenvalue weighted by atomic mass is 10.2. The lowest BCUT2D eigenvalue weighted by molar-refractivity contribution is 0.292. The highest BCUT2D eigenvalue weighted by Gasteiger charge is 2.13. The third-order valence-electron chi connectivity index (χ3n) is 2.47. The van der Waals surface area contributed by atoms with Crippen molar-refractivity contribution in [2.24, 2.45) is 0 Å². The summed E-state index contributed by atoms with van der Waals surface area (Å²) in [5.74, 6) is 0.238. The summed E-state index contributed by atoms with van der Waals surface area (Å²) in [6.07, 6.45) is 0.810. The third kappa shape index (κ3) is 3.11. The second-order valence-corrected chi connectivity index (χ2v) is 3.99. The molecule has 0 bridgehead atoms.